The van der Waals surface area contributed by atoms with Crippen molar-refractivity contribution in [3.8, 4) is 5.75 Å². The maximum absolute atomic E-state index is 5.88. The molecule has 2 unspecified atom stereocenters. The van der Waals surface area contributed by atoms with Gasteiger partial charge in [-0.1, -0.05) is 26.0 Å². The van der Waals surface area contributed by atoms with Crippen molar-refractivity contribution in [1.29, 1.82) is 0 Å². The molecule has 0 saturated carbocycles. The van der Waals surface area contributed by atoms with Crippen LogP contribution in [-0.4, -0.2) is 20.7 Å². The van der Waals surface area contributed by atoms with E-state index in [4.69, 9.17) is 10.5 Å². The van der Waals surface area contributed by atoms with Crippen LogP contribution in [0, 0.1) is 11.8 Å². The molecule has 0 aliphatic heterocycles. The minimum Gasteiger partial charge on any atom is -0.497 e. The molecule has 0 radical (unpaired) electrons. The molecule has 0 aromatic heterocycles. The molecule has 0 amide bonds. The second kappa shape index (κ2) is 6.62. The van der Waals surface area contributed by atoms with Crippen molar-refractivity contribution in [2.45, 2.75) is 19.9 Å². The van der Waals surface area contributed by atoms with Crippen LogP contribution in [0.3, 0.4) is 0 Å². The molecule has 1 aromatic carbocycles. The Labute approximate surface area is 104 Å². The van der Waals surface area contributed by atoms with Gasteiger partial charge in [0.25, 0.3) is 0 Å². The van der Waals surface area contributed by atoms with E-state index >= 15 is 0 Å². The van der Waals surface area contributed by atoms with Gasteiger partial charge in [-0.15, -0.1) is 0 Å². The first-order chi connectivity index (χ1) is 8.13. The number of nitrogens with one attached hydrogen (secondary N) is 1. The molecule has 3 heteroatoms. The van der Waals surface area contributed by atoms with Gasteiger partial charge in [-0.3, -0.25) is 0 Å². The molecular formula is C14H24N2O. The molecule has 0 spiro atoms. The number of ether oxygens (including phenoxy) is 1. The van der Waals surface area contributed by atoms with Gasteiger partial charge in [-0.2, -0.15) is 0 Å². The van der Waals surface area contributed by atoms with E-state index in [1.165, 1.54) is 5.56 Å². The standard InChI is InChI=1S/C14H24N2O/c1-10(2)13(9-15)14(16-3)11-5-7-12(17-4)8-6-11/h5-8,10,13-14,16H,9,15H2,1-4H3. The summed E-state index contributed by atoms with van der Waals surface area (Å²) in [7, 11) is 3.67. The number of rotatable bonds is 6. The summed E-state index contributed by atoms with van der Waals surface area (Å²) in [5, 5.41) is 3.37. The van der Waals surface area contributed by atoms with Crippen molar-refractivity contribution in [1.82, 2.24) is 5.32 Å². The van der Waals surface area contributed by atoms with Gasteiger partial charge in [0.1, 0.15) is 5.75 Å². The van der Waals surface area contributed by atoms with Crippen LogP contribution in [0.2, 0.25) is 0 Å². The van der Waals surface area contributed by atoms with Gasteiger partial charge >= 0.3 is 0 Å². The van der Waals surface area contributed by atoms with Crippen molar-refractivity contribution in [2.24, 2.45) is 17.6 Å². The van der Waals surface area contributed by atoms with Gasteiger partial charge < -0.3 is 15.8 Å². The summed E-state index contributed by atoms with van der Waals surface area (Å²) < 4.78 is 5.17. The number of hydrogen-bond acceptors (Lipinski definition) is 3. The molecule has 0 aliphatic rings. The smallest absolute Gasteiger partial charge is 0.118 e. The maximum Gasteiger partial charge on any atom is 0.118 e. The van der Waals surface area contributed by atoms with E-state index in [0.29, 0.717) is 24.4 Å². The molecule has 3 N–H and O–H groups in total. The van der Waals surface area contributed by atoms with E-state index in [0.717, 1.165) is 5.75 Å². The average Bonchev–Trinajstić information content (AvgIpc) is 2.35. The number of nitrogens with two attached hydrogens (primary N) is 1. The monoisotopic (exact) mass is 236 g/mol. The fourth-order valence-electron chi connectivity index (χ4n) is 2.23. The Balaban J connectivity index is 2.91. The summed E-state index contributed by atoms with van der Waals surface area (Å²) in [6, 6.07) is 8.49. The molecule has 1 rings (SSSR count). The molecule has 0 saturated heterocycles. The zero-order chi connectivity index (χ0) is 12.8. The molecule has 0 fully saturated rings. The third-order valence-electron chi connectivity index (χ3n) is 3.34. The Bertz CT molecular complexity index is 321. The lowest BCUT2D eigenvalue weighted by Gasteiger charge is -2.29. The van der Waals surface area contributed by atoms with E-state index in [1.807, 2.05) is 19.2 Å². The van der Waals surface area contributed by atoms with E-state index in [-0.39, 0.29) is 0 Å². The summed E-state index contributed by atoms with van der Waals surface area (Å²) in [5.41, 5.74) is 7.14. The van der Waals surface area contributed by atoms with Gasteiger partial charge in [0.2, 0.25) is 0 Å². The number of methoxy groups -OCH3 is 1. The quantitative estimate of drug-likeness (QED) is 0.796. The second-order valence-corrected chi connectivity index (χ2v) is 4.68. The first-order valence-corrected chi connectivity index (χ1v) is 6.15. The van der Waals surface area contributed by atoms with Crippen molar-refractivity contribution < 1.29 is 4.74 Å². The van der Waals surface area contributed by atoms with E-state index < -0.39 is 0 Å². The normalized spacial score (nSPS) is 14.7. The van der Waals surface area contributed by atoms with Crippen LogP contribution in [0.5, 0.6) is 5.75 Å². The Morgan fingerprint density at radius 2 is 1.82 bits per heavy atom. The third-order valence-corrected chi connectivity index (χ3v) is 3.34. The Morgan fingerprint density at radius 1 is 1.24 bits per heavy atom. The third kappa shape index (κ3) is 3.45. The minimum atomic E-state index is 0.297. The lowest BCUT2D eigenvalue weighted by atomic mass is 9.84. The van der Waals surface area contributed by atoms with Crippen LogP contribution in [0.25, 0.3) is 0 Å². The largest absolute Gasteiger partial charge is 0.497 e. The van der Waals surface area contributed by atoms with Gasteiger partial charge in [0.05, 0.1) is 7.11 Å². The highest BCUT2D eigenvalue weighted by Gasteiger charge is 2.23. The first-order valence-electron chi connectivity index (χ1n) is 6.15. The summed E-state index contributed by atoms with van der Waals surface area (Å²) >= 11 is 0. The molecule has 0 heterocycles. The predicted molar refractivity (Wildman–Crippen MR) is 72.2 cm³/mol. The Morgan fingerprint density at radius 3 is 2.18 bits per heavy atom. The SMILES string of the molecule is CNC(c1ccc(OC)cc1)C(CN)C(C)C. The summed E-state index contributed by atoms with van der Waals surface area (Å²) in [6.07, 6.45) is 0. The summed E-state index contributed by atoms with van der Waals surface area (Å²) in [6.45, 7) is 5.12. The molecule has 1 aromatic rings. The van der Waals surface area contributed by atoms with Crippen molar-refractivity contribution in [2.75, 3.05) is 20.7 Å². The van der Waals surface area contributed by atoms with Gasteiger partial charge in [-0.25, -0.2) is 0 Å². The Kier molecular flexibility index (Phi) is 5.45. The van der Waals surface area contributed by atoms with Crippen molar-refractivity contribution in [3.63, 3.8) is 0 Å². The molecule has 3 nitrogen and oxygen atoms in total. The molecular weight excluding hydrogens is 212 g/mol. The fourth-order valence-corrected chi connectivity index (χ4v) is 2.23. The maximum atomic E-state index is 5.88. The van der Waals surface area contributed by atoms with Gasteiger partial charge in [0.15, 0.2) is 0 Å². The molecule has 17 heavy (non-hydrogen) atoms. The average molecular weight is 236 g/mol. The van der Waals surface area contributed by atoms with Crippen LogP contribution in [0.15, 0.2) is 24.3 Å². The molecule has 0 aliphatic carbocycles. The zero-order valence-corrected chi connectivity index (χ0v) is 11.2. The highest BCUT2D eigenvalue weighted by Crippen LogP contribution is 2.28. The van der Waals surface area contributed by atoms with Crippen molar-refractivity contribution in [3.05, 3.63) is 29.8 Å². The topological polar surface area (TPSA) is 47.3 Å². The zero-order valence-electron chi connectivity index (χ0n) is 11.2. The van der Waals surface area contributed by atoms with Crippen molar-refractivity contribution >= 4 is 0 Å². The molecule has 0 bridgehead atoms. The van der Waals surface area contributed by atoms with Crippen LogP contribution >= 0.6 is 0 Å². The number of benzene rings is 1. The van der Waals surface area contributed by atoms with Crippen LogP contribution in [-0.2, 0) is 0 Å². The summed E-state index contributed by atoms with van der Waals surface area (Å²) in [4.78, 5) is 0. The number of hydrogen-bond donors (Lipinski definition) is 2. The van der Waals surface area contributed by atoms with Crippen LogP contribution in [0.4, 0.5) is 0 Å². The lowest BCUT2D eigenvalue weighted by molar-refractivity contribution is 0.298. The van der Waals surface area contributed by atoms with E-state index in [2.05, 4.69) is 31.3 Å². The van der Waals surface area contributed by atoms with Crippen LogP contribution in [0.1, 0.15) is 25.5 Å². The predicted octanol–water partition coefficient (Wildman–Crippen LogP) is 2.19. The highest BCUT2D eigenvalue weighted by molar-refractivity contribution is 5.29. The molecule has 2 atom stereocenters. The first kappa shape index (κ1) is 14.0. The molecule has 96 valence electrons. The second-order valence-electron chi connectivity index (χ2n) is 4.68. The van der Waals surface area contributed by atoms with Gasteiger partial charge in [0, 0.05) is 6.04 Å². The summed E-state index contributed by atoms with van der Waals surface area (Å²) in [5.74, 6) is 1.88. The lowest BCUT2D eigenvalue weighted by Crippen LogP contribution is -2.33. The Hall–Kier alpha value is -1.06. The minimum absolute atomic E-state index is 0.297. The highest BCUT2D eigenvalue weighted by atomic mass is 16.5. The van der Waals surface area contributed by atoms with E-state index in [1.54, 1.807) is 7.11 Å². The fraction of sp³-hybridized carbons (Fsp3) is 0.571. The van der Waals surface area contributed by atoms with Gasteiger partial charge in [-0.05, 0) is 43.1 Å². The van der Waals surface area contributed by atoms with Crippen LogP contribution < -0.4 is 15.8 Å². The van der Waals surface area contributed by atoms with E-state index in [9.17, 15) is 0 Å².